The molecule has 2 N–H and O–H groups in total. The summed E-state index contributed by atoms with van der Waals surface area (Å²) < 4.78 is 6.18. The van der Waals surface area contributed by atoms with Gasteiger partial charge in [0.2, 0.25) is 0 Å². The lowest BCUT2D eigenvalue weighted by Gasteiger charge is -2.30. The molecule has 1 aromatic carbocycles. The van der Waals surface area contributed by atoms with E-state index in [0.29, 0.717) is 30.0 Å². The van der Waals surface area contributed by atoms with Crippen molar-refractivity contribution in [2.45, 2.75) is 65.8 Å². The average molecular weight is 495 g/mol. The number of fused-ring (bicyclic) bond motifs is 1. The molecule has 8 nitrogen and oxygen atoms in total. The van der Waals surface area contributed by atoms with Gasteiger partial charge in [0.1, 0.15) is 17.3 Å². The number of aryl methyl sites for hydroxylation is 1. The normalized spacial score (nSPS) is 13.1. The molecule has 3 rings (SSSR count). The van der Waals surface area contributed by atoms with E-state index in [1.54, 1.807) is 4.90 Å². The van der Waals surface area contributed by atoms with Crippen LogP contribution in [-0.2, 0) is 16.8 Å². The number of carbonyl (C=O) groups excluding carboxylic acids is 1. The van der Waals surface area contributed by atoms with E-state index >= 15 is 0 Å². The van der Waals surface area contributed by atoms with E-state index in [2.05, 4.69) is 37.6 Å². The maximum absolute atomic E-state index is 13.5. The number of pyridine rings is 1. The van der Waals surface area contributed by atoms with Crippen molar-refractivity contribution in [2.24, 2.45) is 0 Å². The number of aliphatic carboxylic acids is 1. The van der Waals surface area contributed by atoms with Gasteiger partial charge in [0.25, 0.3) is 0 Å². The summed E-state index contributed by atoms with van der Waals surface area (Å²) in [7, 11) is 1.98. The Morgan fingerprint density at radius 1 is 1.25 bits per heavy atom. The molecule has 0 saturated heterocycles. The van der Waals surface area contributed by atoms with Crippen LogP contribution in [0.25, 0.3) is 0 Å². The molecule has 0 bridgehead atoms. The Morgan fingerprint density at radius 3 is 2.61 bits per heavy atom. The van der Waals surface area contributed by atoms with E-state index < -0.39 is 5.97 Å². The van der Waals surface area contributed by atoms with Gasteiger partial charge in [-0.1, -0.05) is 33.8 Å². The molecular weight excluding hydrogens is 456 g/mol. The average Bonchev–Trinajstić information content (AvgIpc) is 3.10. The number of Topliss-reactive ketones (excluding diaryl/α,β-unsaturated/α-hetero) is 1. The molecule has 0 fully saturated rings. The van der Waals surface area contributed by atoms with Crippen molar-refractivity contribution in [3.63, 3.8) is 0 Å². The minimum absolute atomic E-state index is 0.0418. The van der Waals surface area contributed by atoms with Gasteiger partial charge in [-0.25, -0.2) is 4.98 Å². The van der Waals surface area contributed by atoms with Crippen LogP contribution in [0.5, 0.6) is 5.75 Å². The lowest BCUT2D eigenvalue weighted by molar-refractivity contribution is -0.137. The number of carboxylic acids is 1. The maximum Gasteiger partial charge on any atom is 0.303 e. The molecule has 0 spiro atoms. The fraction of sp³-hybridized carbons (Fsp3) is 0.500. The summed E-state index contributed by atoms with van der Waals surface area (Å²) in [5.41, 5.74) is 4.44. The van der Waals surface area contributed by atoms with E-state index in [9.17, 15) is 9.59 Å². The van der Waals surface area contributed by atoms with Crippen molar-refractivity contribution in [2.75, 3.05) is 31.6 Å². The lowest BCUT2D eigenvalue weighted by Crippen LogP contribution is -2.31. The standard InChI is InChI=1S/C28H38N4O4/c1-7-12-31(6)22-15-20(14-21(28(3,4)5)26(22)36-13-8-9-24(34)35)23(33)17-32-16-19-11-10-18(2)30-25(19)27(32)29/h10-11,14-15,29H,7-9,12-13,16-17H2,1-6H3,(H,34,35). The van der Waals surface area contributed by atoms with Gasteiger partial charge in [-0.15, -0.1) is 0 Å². The van der Waals surface area contributed by atoms with Crippen LogP contribution < -0.4 is 9.64 Å². The number of ketones is 1. The first kappa shape index (κ1) is 27.2. The second-order valence-corrected chi connectivity index (χ2v) is 10.5. The number of hydrogen-bond donors (Lipinski definition) is 2. The first-order valence-electron chi connectivity index (χ1n) is 12.5. The summed E-state index contributed by atoms with van der Waals surface area (Å²) in [6.07, 6.45) is 1.37. The van der Waals surface area contributed by atoms with Crippen LogP contribution in [0.4, 0.5) is 5.69 Å². The smallest absolute Gasteiger partial charge is 0.303 e. The third-order valence-corrected chi connectivity index (χ3v) is 6.31. The molecule has 1 aliphatic rings. The van der Waals surface area contributed by atoms with Crippen LogP contribution >= 0.6 is 0 Å². The fourth-order valence-electron chi connectivity index (χ4n) is 4.37. The Balaban J connectivity index is 1.94. The van der Waals surface area contributed by atoms with Crippen molar-refractivity contribution >= 4 is 23.3 Å². The summed E-state index contributed by atoms with van der Waals surface area (Å²) in [6.45, 7) is 11.9. The summed E-state index contributed by atoms with van der Waals surface area (Å²) in [5.74, 6) is 0.0541. The molecule has 2 heterocycles. The molecule has 8 heteroatoms. The van der Waals surface area contributed by atoms with Crippen molar-refractivity contribution < 1.29 is 19.4 Å². The molecule has 0 unspecified atom stereocenters. The van der Waals surface area contributed by atoms with Gasteiger partial charge >= 0.3 is 5.97 Å². The number of aromatic nitrogens is 1. The predicted molar refractivity (Wildman–Crippen MR) is 142 cm³/mol. The number of rotatable bonds is 11. The molecule has 194 valence electrons. The minimum atomic E-state index is -0.848. The summed E-state index contributed by atoms with van der Waals surface area (Å²) >= 11 is 0. The zero-order chi connectivity index (χ0) is 26.6. The monoisotopic (exact) mass is 494 g/mol. The first-order chi connectivity index (χ1) is 16.9. The highest BCUT2D eigenvalue weighted by Gasteiger charge is 2.30. The molecule has 0 amide bonds. The molecule has 0 saturated carbocycles. The van der Waals surface area contributed by atoms with Crippen molar-refractivity contribution in [1.82, 2.24) is 9.88 Å². The zero-order valence-electron chi connectivity index (χ0n) is 22.3. The van der Waals surface area contributed by atoms with E-state index in [0.717, 1.165) is 35.5 Å². The molecule has 2 aromatic rings. The highest BCUT2D eigenvalue weighted by atomic mass is 16.5. The molecule has 0 atom stereocenters. The maximum atomic E-state index is 13.5. The third-order valence-electron chi connectivity index (χ3n) is 6.31. The quantitative estimate of drug-likeness (QED) is 0.341. The van der Waals surface area contributed by atoms with Crippen LogP contribution in [0.1, 0.15) is 79.8 Å². The van der Waals surface area contributed by atoms with Gasteiger partial charge < -0.3 is 19.6 Å². The van der Waals surface area contributed by atoms with E-state index in [1.807, 2.05) is 38.2 Å². The fourth-order valence-corrected chi connectivity index (χ4v) is 4.37. The molecule has 1 aliphatic heterocycles. The van der Waals surface area contributed by atoms with Crippen LogP contribution in [0.15, 0.2) is 24.3 Å². The predicted octanol–water partition coefficient (Wildman–Crippen LogP) is 4.80. The summed E-state index contributed by atoms with van der Waals surface area (Å²) in [4.78, 5) is 32.8. The van der Waals surface area contributed by atoms with Crippen molar-refractivity contribution in [3.05, 3.63) is 52.3 Å². The Bertz CT molecular complexity index is 1150. The van der Waals surface area contributed by atoms with E-state index in [-0.39, 0.29) is 36.6 Å². The topological polar surface area (TPSA) is 107 Å². The Labute approximate surface area is 213 Å². The number of benzene rings is 1. The van der Waals surface area contributed by atoms with Crippen LogP contribution in [-0.4, -0.2) is 59.3 Å². The number of anilines is 1. The van der Waals surface area contributed by atoms with E-state index in [1.165, 1.54) is 0 Å². The van der Waals surface area contributed by atoms with Gasteiger partial charge in [0, 0.05) is 48.9 Å². The molecular formula is C28H38N4O4. The highest BCUT2D eigenvalue weighted by molar-refractivity contribution is 6.05. The van der Waals surface area contributed by atoms with Gasteiger partial charge in [0.05, 0.1) is 18.8 Å². The Kier molecular flexibility index (Phi) is 8.38. The van der Waals surface area contributed by atoms with Gasteiger partial charge in [-0.2, -0.15) is 0 Å². The zero-order valence-corrected chi connectivity index (χ0v) is 22.3. The highest BCUT2D eigenvalue weighted by Crippen LogP contribution is 2.40. The number of nitrogens with zero attached hydrogens (tertiary/aromatic N) is 3. The largest absolute Gasteiger partial charge is 0.491 e. The van der Waals surface area contributed by atoms with Crippen LogP contribution in [0.2, 0.25) is 0 Å². The minimum Gasteiger partial charge on any atom is -0.491 e. The molecule has 0 aliphatic carbocycles. The van der Waals surface area contributed by atoms with Gasteiger partial charge in [-0.05, 0) is 43.4 Å². The van der Waals surface area contributed by atoms with Crippen molar-refractivity contribution in [1.29, 1.82) is 5.41 Å². The number of carbonyl (C=O) groups is 2. The van der Waals surface area contributed by atoms with E-state index in [4.69, 9.17) is 15.3 Å². The Hall–Kier alpha value is -3.42. The second-order valence-electron chi connectivity index (χ2n) is 10.5. The van der Waals surface area contributed by atoms with Crippen LogP contribution in [0, 0.1) is 12.3 Å². The number of carboxylic acid groups (broad SMARTS) is 1. The second kappa shape index (κ2) is 11.1. The van der Waals surface area contributed by atoms with Crippen molar-refractivity contribution in [3.8, 4) is 5.75 Å². The number of nitrogens with one attached hydrogen (secondary N) is 1. The lowest BCUT2D eigenvalue weighted by atomic mass is 9.84. The first-order valence-corrected chi connectivity index (χ1v) is 12.5. The number of amidine groups is 1. The molecule has 1 aromatic heterocycles. The number of ether oxygens (including phenoxy) is 1. The SMILES string of the molecule is CCCN(C)c1cc(C(=O)CN2Cc3ccc(C)nc3C2=N)cc(C(C)(C)C)c1OCCCC(=O)O. The summed E-state index contributed by atoms with van der Waals surface area (Å²) in [5, 5.41) is 17.5. The van der Waals surface area contributed by atoms with Gasteiger partial charge in [-0.3, -0.25) is 15.0 Å². The third kappa shape index (κ3) is 6.22. The molecule has 36 heavy (non-hydrogen) atoms. The molecule has 0 radical (unpaired) electrons. The van der Waals surface area contributed by atoms with Gasteiger partial charge in [0.15, 0.2) is 5.78 Å². The Morgan fingerprint density at radius 2 is 1.97 bits per heavy atom. The summed E-state index contributed by atoms with van der Waals surface area (Å²) in [6, 6.07) is 7.67. The number of hydrogen-bond acceptors (Lipinski definition) is 6. The van der Waals surface area contributed by atoms with Crippen LogP contribution in [0.3, 0.4) is 0 Å².